The summed E-state index contributed by atoms with van der Waals surface area (Å²) in [4.78, 5) is 2.48. The van der Waals surface area contributed by atoms with Crippen LogP contribution in [0, 0.1) is 0 Å². The van der Waals surface area contributed by atoms with Gasteiger partial charge in [0, 0.05) is 54.2 Å². The molecule has 0 spiro atoms. The SMILES string of the molecule is [B]1c2cc(-c3ccccc3)ccc2N(c2ccc(-c3ccccc3)cc2)c2cc3sc4ccccc4c3c(-c3cc(-c4ccccc4)ccc3Nc3ccc(-c4ccccc4)cc3)c21. The molecule has 299 valence electrons. The van der Waals surface area contributed by atoms with Gasteiger partial charge in [-0.3, -0.25) is 0 Å². The third-order valence-electron chi connectivity index (χ3n) is 12.5. The molecule has 1 aliphatic rings. The second kappa shape index (κ2) is 16.1. The summed E-state index contributed by atoms with van der Waals surface area (Å²) >= 11 is 1.87. The van der Waals surface area contributed by atoms with Gasteiger partial charge in [-0.2, -0.15) is 0 Å². The van der Waals surface area contributed by atoms with Crippen LogP contribution in [0.15, 0.2) is 237 Å². The number of anilines is 5. The fraction of sp³-hybridized carbons (Fsp3) is 0. The predicted molar refractivity (Wildman–Crippen MR) is 276 cm³/mol. The van der Waals surface area contributed by atoms with Gasteiger partial charge in [-0.05, 0) is 110 Å². The van der Waals surface area contributed by atoms with Crippen molar-refractivity contribution in [2.45, 2.75) is 0 Å². The first-order chi connectivity index (χ1) is 31.7. The highest BCUT2D eigenvalue weighted by Gasteiger charge is 2.31. The van der Waals surface area contributed by atoms with Crippen LogP contribution in [0.3, 0.4) is 0 Å². The van der Waals surface area contributed by atoms with Gasteiger partial charge >= 0.3 is 0 Å². The van der Waals surface area contributed by atoms with E-state index in [1.165, 1.54) is 81.2 Å². The van der Waals surface area contributed by atoms with Crippen molar-refractivity contribution in [2.75, 3.05) is 10.2 Å². The van der Waals surface area contributed by atoms with Gasteiger partial charge in [-0.15, -0.1) is 11.3 Å². The molecule has 0 bridgehead atoms. The van der Waals surface area contributed by atoms with E-state index in [-0.39, 0.29) is 0 Å². The fourth-order valence-electron chi connectivity index (χ4n) is 9.38. The highest BCUT2D eigenvalue weighted by atomic mass is 32.1. The number of thiophene rings is 1. The Balaban J connectivity index is 1.11. The molecule has 0 aliphatic carbocycles. The van der Waals surface area contributed by atoms with Gasteiger partial charge in [0.15, 0.2) is 7.28 Å². The van der Waals surface area contributed by atoms with E-state index in [0.29, 0.717) is 0 Å². The van der Waals surface area contributed by atoms with E-state index in [4.69, 9.17) is 0 Å². The van der Waals surface area contributed by atoms with Crippen LogP contribution in [0.5, 0.6) is 0 Å². The van der Waals surface area contributed by atoms with Crippen LogP contribution in [0.2, 0.25) is 0 Å². The van der Waals surface area contributed by atoms with Crippen molar-refractivity contribution < 1.29 is 0 Å². The Kier molecular flexibility index (Phi) is 9.50. The Morgan fingerprint density at radius 3 is 1.52 bits per heavy atom. The van der Waals surface area contributed by atoms with Crippen molar-refractivity contribution in [1.82, 2.24) is 0 Å². The van der Waals surface area contributed by atoms with Gasteiger partial charge in [0.2, 0.25) is 0 Å². The molecule has 10 aromatic carbocycles. The first-order valence-electron chi connectivity index (χ1n) is 21.8. The summed E-state index contributed by atoms with van der Waals surface area (Å²) in [5.41, 5.74) is 19.8. The lowest BCUT2D eigenvalue weighted by molar-refractivity contribution is 1.30. The fourth-order valence-corrected chi connectivity index (χ4v) is 10.5. The third kappa shape index (κ3) is 6.86. The van der Waals surface area contributed by atoms with Crippen LogP contribution in [-0.4, -0.2) is 7.28 Å². The average molecular weight is 832 g/mol. The van der Waals surface area contributed by atoms with Crippen molar-refractivity contribution in [2.24, 2.45) is 0 Å². The predicted octanol–water partition coefficient (Wildman–Crippen LogP) is 15.6. The third-order valence-corrected chi connectivity index (χ3v) is 13.6. The lowest BCUT2D eigenvalue weighted by atomic mass is 9.57. The van der Waals surface area contributed by atoms with Crippen LogP contribution >= 0.6 is 11.3 Å². The van der Waals surface area contributed by atoms with Gasteiger partial charge < -0.3 is 10.2 Å². The van der Waals surface area contributed by atoms with Crippen molar-refractivity contribution >= 4 is 78.2 Å². The number of fused-ring (bicyclic) bond motifs is 5. The number of hydrogen-bond donors (Lipinski definition) is 1. The molecule has 4 heteroatoms. The summed E-state index contributed by atoms with van der Waals surface area (Å²) in [6.45, 7) is 0. The summed E-state index contributed by atoms with van der Waals surface area (Å²) in [5.74, 6) is 0. The minimum atomic E-state index is 1.03. The highest BCUT2D eigenvalue weighted by molar-refractivity contribution is 7.26. The minimum absolute atomic E-state index is 1.03. The molecule has 0 atom stereocenters. The number of nitrogens with zero attached hydrogens (tertiary/aromatic N) is 1. The van der Waals surface area contributed by atoms with E-state index in [9.17, 15) is 0 Å². The molecule has 1 aromatic heterocycles. The van der Waals surface area contributed by atoms with E-state index in [0.717, 1.165) is 34.0 Å². The number of nitrogens with one attached hydrogen (secondary N) is 1. The van der Waals surface area contributed by atoms with Gasteiger partial charge in [0.25, 0.3) is 0 Å². The molecule has 11 aromatic rings. The van der Waals surface area contributed by atoms with Crippen molar-refractivity contribution in [1.29, 1.82) is 0 Å². The van der Waals surface area contributed by atoms with Crippen molar-refractivity contribution in [3.8, 4) is 55.6 Å². The number of hydrogen-bond acceptors (Lipinski definition) is 3. The second-order valence-electron chi connectivity index (χ2n) is 16.4. The Labute approximate surface area is 378 Å². The summed E-state index contributed by atoms with van der Waals surface area (Å²) in [6, 6.07) is 85.8. The summed E-state index contributed by atoms with van der Waals surface area (Å²) in [7, 11) is 2.45. The molecule has 2 heterocycles. The number of rotatable bonds is 8. The largest absolute Gasteiger partial charge is 0.355 e. The van der Waals surface area contributed by atoms with E-state index in [2.05, 4.69) is 254 Å². The van der Waals surface area contributed by atoms with E-state index in [1.54, 1.807) is 0 Å². The quantitative estimate of drug-likeness (QED) is 0.153. The van der Waals surface area contributed by atoms with Gasteiger partial charge in [0.1, 0.15) is 0 Å². The summed E-state index contributed by atoms with van der Waals surface area (Å²) < 4.78 is 2.52. The second-order valence-corrected chi connectivity index (χ2v) is 17.5. The Hall–Kier alpha value is -7.92. The molecule has 1 radical (unpaired) electrons. The van der Waals surface area contributed by atoms with Crippen LogP contribution in [0.4, 0.5) is 28.4 Å². The first-order valence-corrected chi connectivity index (χ1v) is 22.6. The first kappa shape index (κ1) is 37.8. The maximum Gasteiger partial charge on any atom is 0.197 e. The van der Waals surface area contributed by atoms with Crippen molar-refractivity contribution in [3.63, 3.8) is 0 Å². The van der Waals surface area contributed by atoms with Gasteiger partial charge in [-0.25, -0.2) is 0 Å². The van der Waals surface area contributed by atoms with Crippen LogP contribution in [0.1, 0.15) is 0 Å². The Morgan fingerprint density at radius 1 is 0.391 bits per heavy atom. The molecular formula is C60H40BN2S. The monoisotopic (exact) mass is 831 g/mol. The van der Waals surface area contributed by atoms with Crippen LogP contribution in [-0.2, 0) is 0 Å². The molecule has 1 aliphatic heterocycles. The average Bonchev–Trinajstić information content (AvgIpc) is 3.74. The van der Waals surface area contributed by atoms with Gasteiger partial charge in [-0.1, -0.05) is 187 Å². The molecule has 0 saturated heterocycles. The van der Waals surface area contributed by atoms with E-state index >= 15 is 0 Å². The molecule has 0 amide bonds. The molecule has 12 rings (SSSR count). The molecular weight excluding hydrogens is 792 g/mol. The van der Waals surface area contributed by atoms with E-state index in [1.807, 2.05) is 11.3 Å². The summed E-state index contributed by atoms with van der Waals surface area (Å²) in [6.07, 6.45) is 0. The highest BCUT2D eigenvalue weighted by Crippen LogP contribution is 2.48. The lowest BCUT2D eigenvalue weighted by Gasteiger charge is -2.35. The number of benzene rings is 10. The normalized spacial score (nSPS) is 11.8. The maximum atomic E-state index is 3.93. The van der Waals surface area contributed by atoms with Crippen LogP contribution < -0.4 is 21.1 Å². The zero-order valence-corrected chi connectivity index (χ0v) is 35.8. The summed E-state index contributed by atoms with van der Waals surface area (Å²) in [5, 5.41) is 6.46. The standard InChI is InChI=1S/C60H40BN2S/c1-5-15-40(16-6-1)44-25-31-48(32-26-44)62-53-35-29-46(42-19-9-3-10-20-42)37-51(53)59-58-50-23-13-14-24-56(50)64-57(58)39-55-60(59)61-52-38-47(43-21-11-4-12-22-43)30-36-54(52)63(55)49-33-27-45(28-34-49)41-17-7-2-8-18-41/h1-39,62H. The van der Waals surface area contributed by atoms with Crippen molar-refractivity contribution in [3.05, 3.63) is 237 Å². The Bertz CT molecular complexity index is 3460. The zero-order chi connectivity index (χ0) is 42.4. The zero-order valence-electron chi connectivity index (χ0n) is 34.9. The minimum Gasteiger partial charge on any atom is -0.355 e. The lowest BCUT2D eigenvalue weighted by Crippen LogP contribution is -2.41. The smallest absolute Gasteiger partial charge is 0.197 e. The van der Waals surface area contributed by atoms with Gasteiger partial charge in [0.05, 0.1) is 0 Å². The molecule has 0 saturated carbocycles. The molecule has 1 N–H and O–H groups in total. The van der Waals surface area contributed by atoms with E-state index < -0.39 is 0 Å². The van der Waals surface area contributed by atoms with Crippen LogP contribution in [0.25, 0.3) is 75.8 Å². The molecule has 0 unspecified atom stereocenters. The molecule has 2 nitrogen and oxygen atoms in total. The maximum absolute atomic E-state index is 3.93. The molecule has 64 heavy (non-hydrogen) atoms. The molecule has 0 fully saturated rings. The topological polar surface area (TPSA) is 15.3 Å². The Morgan fingerprint density at radius 2 is 0.891 bits per heavy atom.